The van der Waals surface area contributed by atoms with Gasteiger partial charge in [0.05, 0.1) is 0 Å². The second-order valence-electron chi connectivity index (χ2n) is 3.07. The van der Waals surface area contributed by atoms with Crippen LogP contribution in [-0.2, 0) is 0 Å². The summed E-state index contributed by atoms with van der Waals surface area (Å²) in [4.78, 5) is 10.8. The molecule has 0 saturated carbocycles. The Morgan fingerprint density at radius 2 is 1.73 bits per heavy atom. The molecule has 0 N–H and O–H groups in total. The number of benzene rings is 2. The summed E-state index contributed by atoms with van der Waals surface area (Å²) in [6, 6.07) is 7.77. The van der Waals surface area contributed by atoms with Gasteiger partial charge in [0.1, 0.15) is 0 Å². The molecule has 0 fully saturated rings. The van der Waals surface area contributed by atoms with Crippen LogP contribution >= 0.6 is 47.8 Å². The van der Waals surface area contributed by atoms with Crippen molar-refractivity contribution < 1.29 is 4.79 Å². The van der Waals surface area contributed by atoms with Crippen molar-refractivity contribution in [3.63, 3.8) is 0 Å². The Balaban J connectivity index is 2.94. The van der Waals surface area contributed by atoms with E-state index in [0.29, 0.717) is 5.56 Å². The second-order valence-corrected chi connectivity index (χ2v) is 5.63. The van der Waals surface area contributed by atoms with Gasteiger partial charge in [0.2, 0.25) is 0 Å². The maximum atomic E-state index is 10.8. The molecular weight excluding hydrogens is 388 g/mol. The molecule has 4 heteroatoms. The summed E-state index contributed by atoms with van der Waals surface area (Å²) in [5.41, 5.74) is 0.646. The fourth-order valence-electron chi connectivity index (χ4n) is 1.43. The third-order valence-corrected chi connectivity index (χ3v) is 4.17. The lowest BCUT2D eigenvalue weighted by Crippen LogP contribution is -1.86. The molecule has 0 heterocycles. The average Bonchev–Trinajstić information content (AvgIpc) is 2.23. The molecule has 0 aromatic heterocycles. The maximum Gasteiger partial charge on any atom is 0.151 e. The quantitative estimate of drug-likeness (QED) is 0.628. The summed E-state index contributed by atoms with van der Waals surface area (Å²) in [6.45, 7) is 0. The SMILES string of the molecule is O=Cc1cc(Br)c2ccc(Br)cc2c1Br. The van der Waals surface area contributed by atoms with Crippen LogP contribution < -0.4 is 0 Å². The van der Waals surface area contributed by atoms with E-state index in [1.54, 1.807) is 0 Å². The molecule has 0 aliphatic carbocycles. The van der Waals surface area contributed by atoms with Crippen LogP contribution in [-0.4, -0.2) is 6.29 Å². The van der Waals surface area contributed by atoms with Crippen molar-refractivity contribution in [1.82, 2.24) is 0 Å². The molecule has 0 aliphatic heterocycles. The van der Waals surface area contributed by atoms with Crippen LogP contribution in [0, 0.1) is 0 Å². The summed E-state index contributed by atoms with van der Waals surface area (Å²) in [5.74, 6) is 0. The molecule has 2 aromatic carbocycles. The van der Waals surface area contributed by atoms with Crippen molar-refractivity contribution in [2.24, 2.45) is 0 Å². The van der Waals surface area contributed by atoms with Gasteiger partial charge in [0.25, 0.3) is 0 Å². The van der Waals surface area contributed by atoms with E-state index in [-0.39, 0.29) is 0 Å². The summed E-state index contributed by atoms with van der Waals surface area (Å²) >= 11 is 10.3. The smallest absolute Gasteiger partial charge is 0.151 e. The van der Waals surface area contributed by atoms with Crippen molar-refractivity contribution >= 4 is 64.8 Å². The highest BCUT2D eigenvalue weighted by Crippen LogP contribution is 2.34. The number of hydrogen-bond donors (Lipinski definition) is 0. The first-order chi connectivity index (χ1) is 7.13. The predicted octanol–water partition coefficient (Wildman–Crippen LogP) is 4.94. The van der Waals surface area contributed by atoms with Gasteiger partial charge in [-0.1, -0.05) is 37.9 Å². The van der Waals surface area contributed by atoms with Crippen LogP contribution in [0.15, 0.2) is 37.7 Å². The molecule has 0 radical (unpaired) electrons. The van der Waals surface area contributed by atoms with Crippen molar-refractivity contribution in [1.29, 1.82) is 0 Å². The number of fused-ring (bicyclic) bond motifs is 1. The molecule has 1 nitrogen and oxygen atoms in total. The summed E-state index contributed by atoms with van der Waals surface area (Å²) in [5, 5.41) is 2.09. The van der Waals surface area contributed by atoms with E-state index in [1.165, 1.54) is 0 Å². The van der Waals surface area contributed by atoms with Gasteiger partial charge in [-0.15, -0.1) is 0 Å². The van der Waals surface area contributed by atoms with E-state index in [4.69, 9.17) is 0 Å². The molecule has 0 spiro atoms. The van der Waals surface area contributed by atoms with Gasteiger partial charge in [0, 0.05) is 19.0 Å². The predicted molar refractivity (Wildman–Crippen MR) is 72.4 cm³/mol. The molecule has 2 aromatic rings. The molecule has 0 aliphatic rings. The van der Waals surface area contributed by atoms with Crippen LogP contribution in [0.25, 0.3) is 10.8 Å². The topological polar surface area (TPSA) is 17.1 Å². The highest BCUT2D eigenvalue weighted by molar-refractivity contribution is 9.11. The van der Waals surface area contributed by atoms with Gasteiger partial charge in [-0.2, -0.15) is 0 Å². The Labute approximate surface area is 112 Å². The minimum absolute atomic E-state index is 0.646. The van der Waals surface area contributed by atoms with Gasteiger partial charge in [-0.05, 0) is 44.9 Å². The van der Waals surface area contributed by atoms with Crippen LogP contribution in [0.2, 0.25) is 0 Å². The Morgan fingerprint density at radius 1 is 1.00 bits per heavy atom. The Morgan fingerprint density at radius 3 is 2.40 bits per heavy atom. The lowest BCUT2D eigenvalue weighted by molar-refractivity contribution is 0.112. The first-order valence-corrected chi connectivity index (χ1v) is 6.54. The van der Waals surface area contributed by atoms with E-state index in [1.807, 2.05) is 24.3 Å². The molecule has 0 unspecified atom stereocenters. The fraction of sp³-hybridized carbons (Fsp3) is 0. The van der Waals surface area contributed by atoms with Crippen LogP contribution in [0.4, 0.5) is 0 Å². The van der Waals surface area contributed by atoms with E-state index < -0.39 is 0 Å². The Kier molecular flexibility index (Phi) is 3.28. The van der Waals surface area contributed by atoms with E-state index in [0.717, 1.165) is 30.5 Å². The standard InChI is InChI=1S/C11H5Br3O/c12-7-1-2-8-9(4-7)11(14)6(5-15)3-10(8)13/h1-5H. The van der Waals surface area contributed by atoms with Crippen LogP contribution in [0.3, 0.4) is 0 Å². The zero-order chi connectivity index (χ0) is 11.0. The van der Waals surface area contributed by atoms with E-state index >= 15 is 0 Å². The average molecular weight is 393 g/mol. The lowest BCUT2D eigenvalue weighted by Gasteiger charge is -2.06. The van der Waals surface area contributed by atoms with E-state index in [2.05, 4.69) is 47.8 Å². The number of carbonyl (C=O) groups excluding carboxylic acids is 1. The summed E-state index contributed by atoms with van der Waals surface area (Å²) < 4.78 is 2.75. The molecule has 0 atom stereocenters. The highest BCUT2D eigenvalue weighted by atomic mass is 79.9. The molecule has 0 amide bonds. The number of halogens is 3. The number of hydrogen-bond acceptors (Lipinski definition) is 1. The third kappa shape index (κ3) is 2.03. The zero-order valence-electron chi connectivity index (χ0n) is 7.43. The fourth-order valence-corrected chi connectivity index (χ4v) is 2.91. The first-order valence-electron chi connectivity index (χ1n) is 4.16. The molecule has 76 valence electrons. The van der Waals surface area contributed by atoms with Crippen molar-refractivity contribution in [2.75, 3.05) is 0 Å². The lowest BCUT2D eigenvalue weighted by atomic mass is 10.1. The minimum atomic E-state index is 0.646. The zero-order valence-corrected chi connectivity index (χ0v) is 12.2. The Hall–Kier alpha value is -0.190. The number of rotatable bonds is 1. The number of carbonyl (C=O) groups is 1. The summed E-state index contributed by atoms with van der Waals surface area (Å²) in [7, 11) is 0. The van der Waals surface area contributed by atoms with E-state index in [9.17, 15) is 4.79 Å². The Bertz CT molecular complexity index is 549. The van der Waals surface area contributed by atoms with Gasteiger partial charge >= 0.3 is 0 Å². The monoisotopic (exact) mass is 390 g/mol. The van der Waals surface area contributed by atoms with Gasteiger partial charge < -0.3 is 0 Å². The molecule has 0 bridgehead atoms. The van der Waals surface area contributed by atoms with Gasteiger partial charge in [-0.3, -0.25) is 4.79 Å². The van der Waals surface area contributed by atoms with Crippen LogP contribution in [0.5, 0.6) is 0 Å². The van der Waals surface area contributed by atoms with Gasteiger partial charge in [-0.25, -0.2) is 0 Å². The van der Waals surface area contributed by atoms with Gasteiger partial charge in [0.15, 0.2) is 6.29 Å². The van der Waals surface area contributed by atoms with Crippen molar-refractivity contribution in [3.05, 3.63) is 43.2 Å². The first kappa shape index (κ1) is 11.3. The molecule has 15 heavy (non-hydrogen) atoms. The minimum Gasteiger partial charge on any atom is -0.298 e. The molecule has 2 rings (SSSR count). The largest absolute Gasteiger partial charge is 0.298 e. The molecule has 0 saturated heterocycles. The normalized spacial score (nSPS) is 10.6. The van der Waals surface area contributed by atoms with Crippen molar-refractivity contribution in [3.8, 4) is 0 Å². The van der Waals surface area contributed by atoms with Crippen molar-refractivity contribution in [2.45, 2.75) is 0 Å². The second kappa shape index (κ2) is 4.36. The highest BCUT2D eigenvalue weighted by Gasteiger charge is 2.08. The molecular formula is C11H5Br3O. The number of aldehydes is 1. The third-order valence-electron chi connectivity index (χ3n) is 2.14. The maximum absolute atomic E-state index is 10.8. The summed E-state index contributed by atoms with van der Waals surface area (Å²) in [6.07, 6.45) is 0.842. The van der Waals surface area contributed by atoms with Crippen LogP contribution in [0.1, 0.15) is 10.4 Å².